The lowest BCUT2D eigenvalue weighted by molar-refractivity contribution is -0.175. The Bertz CT molecular complexity index is 1310. The van der Waals surface area contributed by atoms with Crippen LogP contribution in [0.3, 0.4) is 0 Å². The molecule has 0 aliphatic carbocycles. The molecule has 0 radical (unpaired) electrons. The molecule has 2 N–H and O–H groups in total. The third-order valence-electron chi connectivity index (χ3n) is 5.63. The number of hydrogen-bond donors (Lipinski definition) is 2. The van der Waals surface area contributed by atoms with Gasteiger partial charge in [0.1, 0.15) is 11.8 Å². The molecule has 1 heterocycles. The molecular weight excluding hydrogens is 572 g/mol. The Morgan fingerprint density at radius 3 is 2.15 bits per heavy atom. The maximum atomic E-state index is 13.5. The van der Waals surface area contributed by atoms with Gasteiger partial charge in [0.05, 0.1) is 11.7 Å². The van der Waals surface area contributed by atoms with Crippen LogP contribution < -0.4 is 15.4 Å². The van der Waals surface area contributed by atoms with Crippen molar-refractivity contribution in [2.75, 3.05) is 0 Å². The number of alkyl halides is 3. The number of ether oxygens (including phenoxy) is 1. The van der Waals surface area contributed by atoms with E-state index in [1.165, 1.54) is 62.8 Å². The molecule has 0 saturated heterocycles. The van der Waals surface area contributed by atoms with Gasteiger partial charge in [-0.3, -0.25) is 24.4 Å². The van der Waals surface area contributed by atoms with Crippen molar-refractivity contribution in [2.24, 2.45) is 5.92 Å². The number of nitrogens with one attached hydrogen (secondary N) is 2. The number of benzene rings is 2. The molecule has 0 spiro atoms. The first-order valence-corrected chi connectivity index (χ1v) is 12.7. The highest BCUT2D eigenvalue weighted by atomic mass is 35.5. The van der Waals surface area contributed by atoms with Gasteiger partial charge in [-0.2, -0.15) is 13.2 Å². The molecule has 212 valence electrons. The number of hydrogen-bond acceptors (Lipinski definition) is 6. The molecule has 0 fully saturated rings. The second kappa shape index (κ2) is 13.6. The molecule has 2 amide bonds. The summed E-state index contributed by atoms with van der Waals surface area (Å²) in [6.07, 6.45) is -2.26. The van der Waals surface area contributed by atoms with Crippen molar-refractivity contribution < 1.29 is 32.3 Å². The van der Waals surface area contributed by atoms with Gasteiger partial charge in [-0.1, -0.05) is 67.4 Å². The topological polar surface area (TPSA) is 110 Å². The summed E-state index contributed by atoms with van der Waals surface area (Å²) in [5, 5.41) is 5.19. The maximum absolute atomic E-state index is 13.5. The Kier molecular flexibility index (Phi) is 10.5. The van der Waals surface area contributed by atoms with Crippen molar-refractivity contribution in [2.45, 2.75) is 44.6 Å². The smallest absolute Gasteiger partial charge is 0.452 e. The number of rotatable bonds is 11. The molecular formula is C27H25Cl2F3N4O4. The van der Waals surface area contributed by atoms with Gasteiger partial charge in [0.15, 0.2) is 6.10 Å². The molecule has 0 aliphatic rings. The summed E-state index contributed by atoms with van der Waals surface area (Å²) in [7, 11) is 0. The van der Waals surface area contributed by atoms with E-state index >= 15 is 0 Å². The molecule has 1 aromatic heterocycles. The van der Waals surface area contributed by atoms with E-state index in [1.54, 1.807) is 18.2 Å². The number of carbonyl (C=O) groups is 3. The number of halogens is 5. The number of aromatic nitrogens is 2. The number of ketones is 1. The predicted molar refractivity (Wildman–Crippen MR) is 142 cm³/mol. The molecule has 13 heteroatoms. The highest BCUT2D eigenvalue weighted by Gasteiger charge is 2.45. The highest BCUT2D eigenvalue weighted by Crippen LogP contribution is 2.26. The number of carbonyl (C=O) groups excluding carboxylic acids is 3. The van der Waals surface area contributed by atoms with Crippen LogP contribution in [-0.2, 0) is 20.8 Å². The Balaban J connectivity index is 1.92. The normalized spacial score (nSPS) is 13.7. The van der Waals surface area contributed by atoms with E-state index in [2.05, 4.69) is 20.6 Å². The Morgan fingerprint density at radius 2 is 1.60 bits per heavy atom. The molecule has 8 nitrogen and oxygen atoms in total. The first-order chi connectivity index (χ1) is 18.8. The zero-order valence-electron chi connectivity index (χ0n) is 21.3. The van der Waals surface area contributed by atoms with Gasteiger partial charge in [0, 0.05) is 35.1 Å². The van der Waals surface area contributed by atoms with Crippen LogP contribution in [0.5, 0.6) is 5.75 Å². The lowest BCUT2D eigenvalue weighted by Crippen LogP contribution is -2.53. The fourth-order valence-electron chi connectivity index (χ4n) is 3.70. The zero-order chi connectivity index (χ0) is 29.4. The maximum Gasteiger partial charge on any atom is 0.452 e. The van der Waals surface area contributed by atoms with Crippen LogP contribution in [0.2, 0.25) is 10.0 Å². The van der Waals surface area contributed by atoms with Crippen LogP contribution in [0.25, 0.3) is 0 Å². The van der Waals surface area contributed by atoms with Crippen molar-refractivity contribution in [3.63, 3.8) is 0 Å². The van der Waals surface area contributed by atoms with E-state index in [0.717, 1.165) is 0 Å². The number of amides is 2. The van der Waals surface area contributed by atoms with Gasteiger partial charge >= 0.3 is 6.18 Å². The quantitative estimate of drug-likeness (QED) is 0.326. The summed E-state index contributed by atoms with van der Waals surface area (Å²) >= 11 is 12.1. The summed E-state index contributed by atoms with van der Waals surface area (Å²) in [5.41, 5.74) is 0.645. The second-order valence-electron chi connectivity index (χ2n) is 9.06. The summed E-state index contributed by atoms with van der Waals surface area (Å²) < 4.78 is 45.5. The molecule has 3 atom stereocenters. The van der Waals surface area contributed by atoms with Crippen LogP contribution in [0.15, 0.2) is 67.1 Å². The van der Waals surface area contributed by atoms with Gasteiger partial charge in [0.25, 0.3) is 11.7 Å². The average molecular weight is 597 g/mol. The van der Waals surface area contributed by atoms with Crippen molar-refractivity contribution in [1.29, 1.82) is 0 Å². The third-order valence-corrected chi connectivity index (χ3v) is 6.06. The largest absolute Gasteiger partial charge is 0.480 e. The van der Waals surface area contributed by atoms with E-state index in [-0.39, 0.29) is 27.8 Å². The predicted octanol–water partition coefficient (Wildman–Crippen LogP) is 4.90. The Hall–Kier alpha value is -3.70. The van der Waals surface area contributed by atoms with E-state index in [1.807, 2.05) is 0 Å². The molecule has 0 bridgehead atoms. The lowest BCUT2D eigenvalue weighted by Gasteiger charge is -2.27. The Labute approximate surface area is 238 Å². The minimum Gasteiger partial charge on any atom is -0.480 e. The number of Topliss-reactive ketones (excluding diaryl/α,β-unsaturated/α-hetero) is 1. The monoisotopic (exact) mass is 596 g/mol. The van der Waals surface area contributed by atoms with Gasteiger partial charge in [-0.25, -0.2) is 0 Å². The van der Waals surface area contributed by atoms with Crippen molar-refractivity contribution >= 4 is 40.8 Å². The average Bonchev–Trinajstić information content (AvgIpc) is 2.89. The van der Waals surface area contributed by atoms with Crippen molar-refractivity contribution in [3.05, 3.63) is 88.4 Å². The molecule has 3 aromatic rings. The van der Waals surface area contributed by atoms with Crippen LogP contribution >= 0.6 is 23.2 Å². The van der Waals surface area contributed by atoms with Crippen LogP contribution in [0, 0.1) is 5.92 Å². The molecule has 0 aliphatic heterocycles. The van der Waals surface area contributed by atoms with Gasteiger partial charge in [-0.05, 0) is 29.7 Å². The highest BCUT2D eigenvalue weighted by molar-refractivity contribution is 6.34. The lowest BCUT2D eigenvalue weighted by atomic mass is 9.97. The Morgan fingerprint density at radius 1 is 0.950 bits per heavy atom. The van der Waals surface area contributed by atoms with Crippen LogP contribution in [-0.4, -0.2) is 45.9 Å². The standard InChI is InChI=1S/C27H25Cl2F3N4O4/c1-15(2)22(24(37)27(30,31)32)35-26(39)23(16-6-4-3-5-7-16)36-25(38)21(13-19-14-33-8-9-34-19)40-20-11-17(28)10-18(29)12-20/h3-12,14-15,21-23H,13H2,1-2H3,(H,35,39)(H,36,38)/t21-,22+,23+/m1/s1. The van der Waals surface area contributed by atoms with Crippen LogP contribution in [0.4, 0.5) is 13.2 Å². The minimum atomic E-state index is -5.17. The molecule has 0 unspecified atom stereocenters. The first kappa shape index (κ1) is 30.8. The van der Waals surface area contributed by atoms with Gasteiger partial charge in [0.2, 0.25) is 5.91 Å². The van der Waals surface area contributed by atoms with Gasteiger partial charge < -0.3 is 15.4 Å². The summed E-state index contributed by atoms with van der Waals surface area (Å²) in [6.45, 7) is 2.73. The third kappa shape index (κ3) is 8.65. The summed E-state index contributed by atoms with van der Waals surface area (Å²) in [5.74, 6) is -4.65. The molecule has 2 aromatic carbocycles. The van der Waals surface area contributed by atoms with E-state index in [4.69, 9.17) is 27.9 Å². The van der Waals surface area contributed by atoms with E-state index < -0.39 is 47.9 Å². The van der Waals surface area contributed by atoms with Crippen LogP contribution in [0.1, 0.15) is 31.1 Å². The van der Waals surface area contributed by atoms with Crippen molar-refractivity contribution in [3.8, 4) is 5.75 Å². The second-order valence-corrected chi connectivity index (χ2v) is 9.93. The van der Waals surface area contributed by atoms with E-state index in [0.29, 0.717) is 5.69 Å². The van der Waals surface area contributed by atoms with Gasteiger partial charge in [-0.15, -0.1) is 0 Å². The summed E-state index contributed by atoms with van der Waals surface area (Å²) in [4.78, 5) is 47.0. The fourth-order valence-corrected chi connectivity index (χ4v) is 4.21. The first-order valence-electron chi connectivity index (χ1n) is 12.0. The van der Waals surface area contributed by atoms with E-state index in [9.17, 15) is 27.6 Å². The fraction of sp³-hybridized carbons (Fsp3) is 0.296. The minimum absolute atomic E-state index is 0.0892. The molecule has 0 saturated carbocycles. The number of nitrogens with zero attached hydrogens (tertiary/aromatic N) is 2. The summed E-state index contributed by atoms with van der Waals surface area (Å²) in [6, 6.07) is 8.86. The van der Waals surface area contributed by atoms with Crippen molar-refractivity contribution in [1.82, 2.24) is 20.6 Å². The SMILES string of the molecule is CC(C)[C@H](NC(=O)[C@@H](NC(=O)[C@@H](Cc1cnccn1)Oc1cc(Cl)cc(Cl)c1)c1ccccc1)C(=O)C(F)(F)F. The zero-order valence-corrected chi connectivity index (χ0v) is 22.8. The molecule has 40 heavy (non-hydrogen) atoms. The molecule has 3 rings (SSSR count).